The first-order chi connectivity index (χ1) is 10.3. The van der Waals surface area contributed by atoms with E-state index in [1.54, 1.807) is 13.8 Å². The summed E-state index contributed by atoms with van der Waals surface area (Å²) in [5, 5.41) is -0.387. The molecule has 0 spiro atoms. The molecule has 0 aliphatic heterocycles. The van der Waals surface area contributed by atoms with E-state index in [0.29, 0.717) is 13.3 Å². The van der Waals surface area contributed by atoms with Crippen LogP contribution in [0.25, 0.3) is 0 Å². The van der Waals surface area contributed by atoms with Crippen molar-refractivity contribution in [1.29, 1.82) is 0 Å². The second-order valence-electron chi connectivity index (χ2n) is 6.41. The van der Waals surface area contributed by atoms with E-state index in [-0.39, 0.29) is 24.5 Å². The molecule has 9 heteroatoms. The average molecular weight is 366 g/mol. The van der Waals surface area contributed by atoms with Gasteiger partial charge >= 0.3 is 6.18 Å². The molecular weight excluding hydrogens is 343 g/mol. The van der Waals surface area contributed by atoms with Gasteiger partial charge in [0.25, 0.3) is 16.0 Å². The van der Waals surface area contributed by atoms with Gasteiger partial charge in [0.1, 0.15) is 5.41 Å². The number of fused-ring (bicyclic) bond motifs is 2. The fourth-order valence-electron chi connectivity index (χ4n) is 3.32. The zero-order valence-corrected chi connectivity index (χ0v) is 14.4. The first-order valence-corrected chi connectivity index (χ1v) is 8.96. The highest BCUT2D eigenvalue weighted by atomic mass is 32.2. The Morgan fingerprint density at radius 2 is 1.70 bits per heavy atom. The summed E-state index contributed by atoms with van der Waals surface area (Å²) in [4.78, 5) is 0. The van der Waals surface area contributed by atoms with Crippen molar-refractivity contribution >= 4 is 10.1 Å². The molecule has 4 unspecified atom stereocenters. The van der Waals surface area contributed by atoms with Gasteiger partial charge in [-0.05, 0) is 45.4 Å². The van der Waals surface area contributed by atoms with Gasteiger partial charge in [-0.3, -0.25) is 4.18 Å². The van der Waals surface area contributed by atoms with Crippen LogP contribution in [0.4, 0.5) is 22.0 Å². The Labute approximate surface area is 133 Å². The molecule has 4 atom stereocenters. The summed E-state index contributed by atoms with van der Waals surface area (Å²) in [6.45, 7) is 4.11. The maximum atomic E-state index is 13.5. The molecule has 0 heterocycles. The summed E-state index contributed by atoms with van der Waals surface area (Å²) < 4.78 is 90.5. The predicted octanol–water partition coefficient (Wildman–Crippen LogP) is 4.38. The fraction of sp³-hybridized carbons (Fsp3) is 1.00. The summed E-state index contributed by atoms with van der Waals surface area (Å²) in [7, 11) is -2.07. The van der Waals surface area contributed by atoms with Crippen molar-refractivity contribution in [2.24, 2.45) is 17.3 Å². The summed E-state index contributed by atoms with van der Waals surface area (Å²) in [6, 6.07) is 0. The molecular formula is C14H23F5O3S. The maximum Gasteiger partial charge on any atom is 0.400 e. The highest BCUT2D eigenvalue weighted by Crippen LogP contribution is 2.69. The van der Waals surface area contributed by atoms with Crippen LogP contribution in [-0.4, -0.2) is 32.9 Å². The van der Waals surface area contributed by atoms with Crippen LogP contribution in [0.5, 0.6) is 0 Å². The highest BCUT2D eigenvalue weighted by molar-refractivity contribution is 7.87. The summed E-state index contributed by atoms with van der Waals surface area (Å²) >= 11 is 0. The van der Waals surface area contributed by atoms with E-state index in [4.69, 9.17) is 0 Å². The molecule has 0 aromatic heterocycles. The Morgan fingerprint density at radius 3 is 1.91 bits per heavy atom. The lowest BCUT2D eigenvalue weighted by Crippen LogP contribution is -2.53. The quantitative estimate of drug-likeness (QED) is 0.550. The lowest BCUT2D eigenvalue weighted by molar-refractivity contribution is -0.308. The minimum atomic E-state index is -4.80. The van der Waals surface area contributed by atoms with E-state index >= 15 is 0 Å². The first-order valence-electron chi connectivity index (χ1n) is 7.49. The second-order valence-corrected chi connectivity index (χ2v) is 8.53. The van der Waals surface area contributed by atoms with E-state index in [9.17, 15) is 30.4 Å². The number of hydrogen-bond donors (Lipinski definition) is 0. The van der Waals surface area contributed by atoms with Crippen molar-refractivity contribution in [3.63, 3.8) is 0 Å². The van der Waals surface area contributed by atoms with Gasteiger partial charge in [0.2, 0.25) is 0 Å². The van der Waals surface area contributed by atoms with Gasteiger partial charge in [-0.15, -0.1) is 0 Å². The number of halogens is 5. The third kappa shape index (κ3) is 3.36. The topological polar surface area (TPSA) is 43.4 Å². The van der Waals surface area contributed by atoms with E-state index in [0.717, 1.165) is 0 Å². The molecule has 0 aromatic carbocycles. The molecule has 0 amide bonds. The van der Waals surface area contributed by atoms with Crippen LogP contribution in [0.3, 0.4) is 0 Å². The van der Waals surface area contributed by atoms with E-state index < -0.39 is 39.5 Å². The van der Waals surface area contributed by atoms with Crippen LogP contribution in [0.2, 0.25) is 0 Å². The van der Waals surface area contributed by atoms with Crippen LogP contribution in [0.1, 0.15) is 46.5 Å². The van der Waals surface area contributed by atoms with Crippen molar-refractivity contribution in [2.45, 2.75) is 63.8 Å². The SMILES string of the molecule is CC1(C(F)(F)F)C2CCC(C2)C1(F)F.CCC(C)S(=O)(=O)OC. The Hall–Kier alpha value is -0.440. The number of rotatable bonds is 3. The number of hydrogen-bond acceptors (Lipinski definition) is 3. The number of alkyl halides is 5. The molecule has 2 saturated carbocycles. The Balaban J connectivity index is 0.000000257. The van der Waals surface area contributed by atoms with Gasteiger partial charge in [-0.1, -0.05) is 6.92 Å². The lowest BCUT2D eigenvalue weighted by atomic mass is 9.71. The van der Waals surface area contributed by atoms with Crippen LogP contribution in [0, 0.1) is 17.3 Å². The molecule has 138 valence electrons. The molecule has 2 fully saturated rings. The standard InChI is InChI=1S/C9H11F5.C5H12O3S/c1-7(9(12,13)14)5-2-3-6(4-5)8(7,10)11;1-4-5(2)9(6,7)8-3/h5-6H,2-4H2,1H3;5H,4H2,1-3H3. The van der Waals surface area contributed by atoms with E-state index in [2.05, 4.69) is 4.18 Å². The van der Waals surface area contributed by atoms with Crippen LogP contribution in [-0.2, 0) is 14.3 Å². The van der Waals surface area contributed by atoms with Crippen LogP contribution >= 0.6 is 0 Å². The first kappa shape index (κ1) is 20.6. The molecule has 3 nitrogen and oxygen atoms in total. The van der Waals surface area contributed by atoms with Gasteiger partial charge < -0.3 is 0 Å². The third-order valence-electron chi connectivity index (χ3n) is 5.34. The van der Waals surface area contributed by atoms with Gasteiger partial charge in [0, 0.05) is 5.92 Å². The largest absolute Gasteiger partial charge is 0.400 e. The zero-order valence-electron chi connectivity index (χ0n) is 13.6. The van der Waals surface area contributed by atoms with Crippen molar-refractivity contribution in [1.82, 2.24) is 0 Å². The molecule has 2 aliphatic carbocycles. The lowest BCUT2D eigenvalue weighted by Gasteiger charge is -2.41. The summed E-state index contributed by atoms with van der Waals surface area (Å²) in [5.41, 5.74) is -2.79. The monoisotopic (exact) mass is 366 g/mol. The summed E-state index contributed by atoms with van der Waals surface area (Å²) in [6.07, 6.45) is -3.64. The zero-order chi connectivity index (χ0) is 18.3. The van der Waals surface area contributed by atoms with Crippen molar-refractivity contribution in [3.05, 3.63) is 0 Å². The predicted molar refractivity (Wildman–Crippen MR) is 75.6 cm³/mol. The highest BCUT2D eigenvalue weighted by Gasteiger charge is 2.77. The normalized spacial score (nSPS) is 34.0. The van der Waals surface area contributed by atoms with Crippen molar-refractivity contribution in [2.75, 3.05) is 7.11 Å². The maximum absolute atomic E-state index is 13.5. The molecule has 23 heavy (non-hydrogen) atoms. The van der Waals surface area contributed by atoms with E-state index in [1.165, 1.54) is 7.11 Å². The molecule has 2 rings (SSSR count). The van der Waals surface area contributed by atoms with Crippen LogP contribution in [0.15, 0.2) is 0 Å². The molecule has 0 N–H and O–H groups in total. The van der Waals surface area contributed by atoms with Crippen molar-refractivity contribution < 1.29 is 34.6 Å². The summed E-state index contributed by atoms with van der Waals surface area (Å²) in [5.74, 6) is -5.52. The second kappa shape index (κ2) is 6.46. The Kier molecular flexibility index (Phi) is 5.79. The molecule has 2 aliphatic rings. The molecule has 0 aromatic rings. The Morgan fingerprint density at radius 1 is 1.22 bits per heavy atom. The van der Waals surface area contributed by atoms with Gasteiger partial charge in [-0.2, -0.15) is 21.6 Å². The Bertz CT molecular complexity index is 517. The molecule has 0 radical (unpaired) electrons. The van der Waals surface area contributed by atoms with Gasteiger partial charge in [0.15, 0.2) is 0 Å². The van der Waals surface area contributed by atoms with Crippen molar-refractivity contribution in [3.8, 4) is 0 Å². The molecule has 0 saturated heterocycles. The van der Waals surface area contributed by atoms with Gasteiger partial charge in [-0.25, -0.2) is 8.78 Å². The van der Waals surface area contributed by atoms with Gasteiger partial charge in [0.05, 0.1) is 12.4 Å². The fourth-order valence-corrected chi connectivity index (χ4v) is 4.06. The van der Waals surface area contributed by atoms with E-state index in [1.807, 2.05) is 0 Å². The third-order valence-corrected chi connectivity index (χ3v) is 7.13. The van der Waals surface area contributed by atoms with Crippen LogP contribution < -0.4 is 0 Å². The minimum absolute atomic E-state index is 0.0308. The minimum Gasteiger partial charge on any atom is -0.273 e. The average Bonchev–Trinajstić information content (AvgIpc) is 3.00. The molecule has 2 bridgehead atoms. The smallest absolute Gasteiger partial charge is 0.273 e.